The molecule has 31 heavy (non-hydrogen) atoms. The Balaban J connectivity index is 1.51. The normalized spacial score (nSPS) is 13.5. The molecule has 0 unspecified atom stereocenters. The number of anilines is 1. The zero-order valence-corrected chi connectivity index (χ0v) is 16.9. The Kier molecular flexibility index (Phi) is 5.93. The molecular formula is C24H22FN3O3. The average Bonchev–Trinajstić information content (AvgIpc) is 3.18. The summed E-state index contributed by atoms with van der Waals surface area (Å²) in [5.41, 5.74) is 4.04. The quantitative estimate of drug-likeness (QED) is 0.425. The largest absolute Gasteiger partial charge is 0.375 e. The smallest absolute Gasteiger partial charge is 0.295 e. The molecule has 0 bridgehead atoms. The fourth-order valence-corrected chi connectivity index (χ4v) is 3.83. The first-order chi connectivity index (χ1) is 15.0. The van der Waals surface area contributed by atoms with Crippen LogP contribution in [0.5, 0.6) is 0 Å². The molecule has 0 radical (unpaired) electrons. The highest BCUT2D eigenvalue weighted by atomic mass is 19.1. The SMILES string of the molecule is O=C1CCCN1Cc1ccc(-c2ccccc2CNc2ccc(F)cc2[N+](=O)[O-])cc1. The van der Waals surface area contributed by atoms with E-state index >= 15 is 0 Å². The molecule has 6 nitrogen and oxygen atoms in total. The van der Waals surface area contributed by atoms with Crippen LogP contribution in [0.25, 0.3) is 11.1 Å². The lowest BCUT2D eigenvalue weighted by molar-refractivity contribution is -0.384. The predicted molar refractivity (Wildman–Crippen MR) is 117 cm³/mol. The number of nitrogens with one attached hydrogen (secondary N) is 1. The van der Waals surface area contributed by atoms with E-state index in [4.69, 9.17) is 0 Å². The van der Waals surface area contributed by atoms with Crippen molar-refractivity contribution < 1.29 is 14.1 Å². The number of nitrogens with zero attached hydrogens (tertiary/aromatic N) is 2. The number of hydrogen-bond donors (Lipinski definition) is 1. The molecule has 1 heterocycles. The van der Waals surface area contributed by atoms with Crippen molar-refractivity contribution in [3.05, 3.63) is 93.8 Å². The summed E-state index contributed by atoms with van der Waals surface area (Å²) in [6, 6.07) is 19.4. The van der Waals surface area contributed by atoms with E-state index in [-0.39, 0.29) is 17.3 Å². The Morgan fingerprint density at radius 1 is 1.06 bits per heavy atom. The average molecular weight is 419 g/mol. The lowest BCUT2D eigenvalue weighted by Gasteiger charge is -2.16. The van der Waals surface area contributed by atoms with Crippen LogP contribution in [-0.4, -0.2) is 22.3 Å². The van der Waals surface area contributed by atoms with E-state index in [1.807, 2.05) is 53.4 Å². The highest BCUT2D eigenvalue weighted by molar-refractivity contribution is 5.78. The molecule has 1 saturated heterocycles. The van der Waals surface area contributed by atoms with Gasteiger partial charge in [0, 0.05) is 26.1 Å². The molecule has 0 aromatic heterocycles. The summed E-state index contributed by atoms with van der Waals surface area (Å²) in [5, 5.41) is 14.3. The molecule has 0 aliphatic carbocycles. The fourth-order valence-electron chi connectivity index (χ4n) is 3.83. The Labute approximate surface area is 179 Å². The molecule has 1 aliphatic rings. The summed E-state index contributed by atoms with van der Waals surface area (Å²) in [7, 11) is 0. The number of likely N-dealkylation sites (tertiary alicyclic amines) is 1. The van der Waals surface area contributed by atoms with Gasteiger partial charge < -0.3 is 10.2 Å². The molecule has 1 fully saturated rings. The highest BCUT2D eigenvalue weighted by Crippen LogP contribution is 2.28. The minimum Gasteiger partial charge on any atom is -0.375 e. The molecule has 0 atom stereocenters. The van der Waals surface area contributed by atoms with E-state index in [2.05, 4.69) is 5.32 Å². The first-order valence-electron chi connectivity index (χ1n) is 10.1. The van der Waals surface area contributed by atoms with Crippen LogP contribution in [0, 0.1) is 15.9 Å². The van der Waals surface area contributed by atoms with Gasteiger partial charge in [-0.1, -0.05) is 48.5 Å². The second-order valence-electron chi connectivity index (χ2n) is 7.55. The van der Waals surface area contributed by atoms with Gasteiger partial charge in [-0.3, -0.25) is 14.9 Å². The summed E-state index contributed by atoms with van der Waals surface area (Å²) < 4.78 is 13.4. The van der Waals surface area contributed by atoms with E-state index < -0.39 is 10.7 Å². The van der Waals surface area contributed by atoms with Gasteiger partial charge in [-0.25, -0.2) is 4.39 Å². The van der Waals surface area contributed by atoms with Gasteiger partial charge in [0.15, 0.2) is 0 Å². The van der Waals surface area contributed by atoms with Crippen LogP contribution in [0.15, 0.2) is 66.7 Å². The molecule has 1 N–H and O–H groups in total. The number of carbonyl (C=O) groups is 1. The number of rotatable bonds is 7. The van der Waals surface area contributed by atoms with Crippen LogP contribution in [0.2, 0.25) is 0 Å². The Hall–Kier alpha value is -3.74. The van der Waals surface area contributed by atoms with Crippen molar-refractivity contribution >= 4 is 17.3 Å². The first kappa shape index (κ1) is 20.5. The maximum atomic E-state index is 13.4. The number of amides is 1. The number of hydrogen-bond acceptors (Lipinski definition) is 4. The van der Waals surface area contributed by atoms with E-state index in [1.165, 1.54) is 12.1 Å². The predicted octanol–water partition coefficient (Wildman–Crippen LogP) is 5.14. The van der Waals surface area contributed by atoms with Gasteiger partial charge in [0.1, 0.15) is 11.5 Å². The molecule has 1 aliphatic heterocycles. The van der Waals surface area contributed by atoms with Crippen LogP contribution in [-0.2, 0) is 17.9 Å². The zero-order valence-electron chi connectivity index (χ0n) is 16.9. The lowest BCUT2D eigenvalue weighted by Crippen LogP contribution is -2.23. The molecule has 7 heteroatoms. The second-order valence-corrected chi connectivity index (χ2v) is 7.55. The fraction of sp³-hybridized carbons (Fsp3) is 0.208. The summed E-state index contributed by atoms with van der Waals surface area (Å²) in [6.45, 7) is 1.79. The molecule has 0 spiro atoms. The van der Waals surface area contributed by atoms with Crippen LogP contribution in [0.1, 0.15) is 24.0 Å². The van der Waals surface area contributed by atoms with Gasteiger partial charge in [-0.2, -0.15) is 0 Å². The van der Waals surface area contributed by atoms with Crippen molar-refractivity contribution in [2.75, 3.05) is 11.9 Å². The molecule has 3 aromatic carbocycles. The Morgan fingerprint density at radius 2 is 1.84 bits per heavy atom. The molecule has 0 saturated carbocycles. The van der Waals surface area contributed by atoms with Gasteiger partial charge in [-0.15, -0.1) is 0 Å². The van der Waals surface area contributed by atoms with E-state index in [9.17, 15) is 19.3 Å². The first-order valence-corrected chi connectivity index (χ1v) is 10.1. The minimum atomic E-state index is -0.645. The van der Waals surface area contributed by atoms with Crippen LogP contribution in [0.3, 0.4) is 0 Å². The minimum absolute atomic E-state index is 0.204. The molecular weight excluding hydrogens is 397 g/mol. The molecule has 158 valence electrons. The van der Waals surface area contributed by atoms with Gasteiger partial charge in [-0.05, 0) is 40.8 Å². The van der Waals surface area contributed by atoms with Gasteiger partial charge >= 0.3 is 0 Å². The molecule has 4 rings (SSSR count). The molecule has 1 amide bonds. The summed E-state index contributed by atoms with van der Waals surface area (Å²) >= 11 is 0. The van der Waals surface area contributed by atoms with Crippen molar-refractivity contribution in [1.29, 1.82) is 0 Å². The standard InChI is InChI=1S/C24H22FN3O3/c25-20-11-12-22(23(14-20)28(30)31)26-15-19-4-1-2-5-21(19)18-9-7-17(8-10-18)16-27-13-3-6-24(27)29/h1-2,4-5,7-12,14,26H,3,6,13,15-16H2. The zero-order chi connectivity index (χ0) is 21.8. The third-order valence-corrected chi connectivity index (χ3v) is 5.45. The van der Waals surface area contributed by atoms with E-state index in [0.29, 0.717) is 19.5 Å². The van der Waals surface area contributed by atoms with E-state index in [0.717, 1.165) is 41.3 Å². The Morgan fingerprint density at radius 3 is 2.55 bits per heavy atom. The number of benzene rings is 3. The van der Waals surface area contributed by atoms with Crippen molar-refractivity contribution in [3.8, 4) is 11.1 Å². The second kappa shape index (κ2) is 8.95. The summed E-state index contributed by atoms with van der Waals surface area (Å²) in [5.74, 6) is -0.441. The molecule has 3 aromatic rings. The van der Waals surface area contributed by atoms with E-state index in [1.54, 1.807) is 0 Å². The maximum absolute atomic E-state index is 13.4. The highest BCUT2D eigenvalue weighted by Gasteiger charge is 2.20. The van der Waals surface area contributed by atoms with Crippen molar-refractivity contribution in [1.82, 2.24) is 4.90 Å². The van der Waals surface area contributed by atoms with Crippen LogP contribution < -0.4 is 5.32 Å². The van der Waals surface area contributed by atoms with Crippen molar-refractivity contribution in [3.63, 3.8) is 0 Å². The number of carbonyl (C=O) groups excluding carboxylic acids is 1. The van der Waals surface area contributed by atoms with Crippen molar-refractivity contribution in [2.45, 2.75) is 25.9 Å². The topological polar surface area (TPSA) is 75.5 Å². The van der Waals surface area contributed by atoms with Gasteiger partial charge in [0.25, 0.3) is 5.69 Å². The monoisotopic (exact) mass is 419 g/mol. The lowest BCUT2D eigenvalue weighted by atomic mass is 9.98. The summed E-state index contributed by atoms with van der Waals surface area (Å²) in [6.07, 6.45) is 1.55. The van der Waals surface area contributed by atoms with Crippen LogP contribution >= 0.6 is 0 Å². The summed E-state index contributed by atoms with van der Waals surface area (Å²) in [4.78, 5) is 24.3. The van der Waals surface area contributed by atoms with Crippen molar-refractivity contribution in [2.24, 2.45) is 0 Å². The van der Waals surface area contributed by atoms with Crippen LogP contribution in [0.4, 0.5) is 15.8 Å². The number of nitro benzene ring substituents is 1. The van der Waals surface area contributed by atoms with Gasteiger partial charge in [0.2, 0.25) is 5.91 Å². The Bertz CT molecular complexity index is 1120. The number of halogens is 1. The van der Waals surface area contributed by atoms with Gasteiger partial charge in [0.05, 0.1) is 11.0 Å². The number of nitro groups is 1. The third-order valence-electron chi connectivity index (χ3n) is 5.45. The third kappa shape index (κ3) is 4.71. The maximum Gasteiger partial charge on any atom is 0.295 e.